The first-order valence-electron chi connectivity index (χ1n) is 8.12. The molecule has 4 rings (SSSR count). The number of nitrogens with zero attached hydrogens (tertiary/aromatic N) is 4. The monoisotopic (exact) mass is 374 g/mol. The SMILES string of the molecule is Cc1nc(-c2nc([C@H]3CCS(=O)(=O)C3)n(Cc3ccccc3)n2)cs1. The standard InChI is InChI=1S/C17H18N4O2S2/c1-12-18-15(10-24-12)16-19-17(14-7-8-25(22,23)11-14)21(20-16)9-13-5-3-2-4-6-13/h2-6,10,14H,7-9,11H2,1H3/t14-/m0/s1. The first-order valence-corrected chi connectivity index (χ1v) is 10.8. The summed E-state index contributed by atoms with van der Waals surface area (Å²) in [5, 5.41) is 7.53. The molecule has 8 heteroatoms. The van der Waals surface area contributed by atoms with Gasteiger partial charge in [-0.2, -0.15) is 0 Å². The highest BCUT2D eigenvalue weighted by molar-refractivity contribution is 7.91. The van der Waals surface area contributed by atoms with Crippen LogP contribution in [0.2, 0.25) is 0 Å². The zero-order valence-electron chi connectivity index (χ0n) is 13.8. The molecule has 6 nitrogen and oxygen atoms in total. The summed E-state index contributed by atoms with van der Waals surface area (Å²) < 4.78 is 25.6. The van der Waals surface area contributed by atoms with Crippen LogP contribution in [0.25, 0.3) is 11.5 Å². The Morgan fingerprint density at radius 2 is 2.04 bits per heavy atom. The van der Waals surface area contributed by atoms with Gasteiger partial charge in [0, 0.05) is 11.3 Å². The Balaban J connectivity index is 1.73. The molecule has 0 radical (unpaired) electrons. The average Bonchev–Trinajstić information content (AvgIpc) is 3.27. The van der Waals surface area contributed by atoms with Crippen LogP contribution >= 0.6 is 11.3 Å². The lowest BCUT2D eigenvalue weighted by molar-refractivity contribution is 0.586. The van der Waals surface area contributed by atoms with E-state index in [0.29, 0.717) is 18.8 Å². The first kappa shape index (κ1) is 16.4. The van der Waals surface area contributed by atoms with E-state index >= 15 is 0 Å². The van der Waals surface area contributed by atoms with Crippen LogP contribution in [0.3, 0.4) is 0 Å². The van der Waals surface area contributed by atoms with Gasteiger partial charge in [0.2, 0.25) is 5.82 Å². The molecule has 1 aromatic carbocycles. The third-order valence-corrected chi connectivity index (χ3v) is 6.86. The number of sulfone groups is 1. The van der Waals surface area contributed by atoms with Crippen LogP contribution in [0.5, 0.6) is 0 Å². The number of hydrogen-bond donors (Lipinski definition) is 0. The molecule has 25 heavy (non-hydrogen) atoms. The van der Waals surface area contributed by atoms with Gasteiger partial charge in [-0.3, -0.25) is 0 Å². The van der Waals surface area contributed by atoms with E-state index in [1.807, 2.05) is 47.3 Å². The van der Waals surface area contributed by atoms with Crippen molar-refractivity contribution in [1.29, 1.82) is 0 Å². The van der Waals surface area contributed by atoms with Crippen molar-refractivity contribution in [3.8, 4) is 11.5 Å². The smallest absolute Gasteiger partial charge is 0.200 e. The van der Waals surface area contributed by atoms with Crippen LogP contribution in [0.1, 0.15) is 28.7 Å². The highest BCUT2D eigenvalue weighted by Crippen LogP contribution is 2.30. The average molecular weight is 374 g/mol. The second-order valence-corrected chi connectivity index (χ2v) is 9.58. The third kappa shape index (κ3) is 3.50. The molecular formula is C17H18N4O2S2. The zero-order chi connectivity index (χ0) is 17.4. The Morgan fingerprint density at radius 1 is 1.24 bits per heavy atom. The van der Waals surface area contributed by atoms with E-state index < -0.39 is 9.84 Å². The van der Waals surface area contributed by atoms with Gasteiger partial charge in [0.15, 0.2) is 9.84 Å². The molecule has 0 amide bonds. The number of rotatable bonds is 4. The van der Waals surface area contributed by atoms with Crippen LogP contribution in [0.15, 0.2) is 35.7 Å². The van der Waals surface area contributed by atoms with E-state index in [-0.39, 0.29) is 17.4 Å². The van der Waals surface area contributed by atoms with Gasteiger partial charge in [0.25, 0.3) is 0 Å². The lowest BCUT2D eigenvalue weighted by Crippen LogP contribution is -2.12. The maximum absolute atomic E-state index is 11.9. The minimum Gasteiger partial charge on any atom is -0.245 e. The van der Waals surface area contributed by atoms with Gasteiger partial charge < -0.3 is 0 Å². The normalized spacial score (nSPS) is 19.3. The first-order chi connectivity index (χ1) is 12.0. The van der Waals surface area contributed by atoms with Gasteiger partial charge >= 0.3 is 0 Å². The number of thiazole rings is 1. The predicted octanol–water partition coefficient (Wildman–Crippen LogP) is 2.66. The fourth-order valence-electron chi connectivity index (χ4n) is 3.10. The van der Waals surface area contributed by atoms with E-state index in [1.54, 1.807) is 11.3 Å². The summed E-state index contributed by atoms with van der Waals surface area (Å²) in [6.45, 7) is 2.52. The summed E-state index contributed by atoms with van der Waals surface area (Å²) in [7, 11) is -2.98. The molecule has 1 fully saturated rings. The summed E-state index contributed by atoms with van der Waals surface area (Å²) in [6, 6.07) is 10.00. The van der Waals surface area contributed by atoms with Crippen LogP contribution in [0.4, 0.5) is 0 Å². The second-order valence-electron chi connectivity index (χ2n) is 6.29. The molecule has 1 atom stereocenters. The van der Waals surface area contributed by atoms with Crippen LogP contribution in [0, 0.1) is 6.92 Å². The molecule has 1 aliphatic heterocycles. The topological polar surface area (TPSA) is 77.7 Å². The largest absolute Gasteiger partial charge is 0.245 e. The molecule has 1 aliphatic rings. The van der Waals surface area contributed by atoms with Crippen molar-refractivity contribution in [2.75, 3.05) is 11.5 Å². The van der Waals surface area contributed by atoms with Crippen molar-refractivity contribution in [1.82, 2.24) is 19.7 Å². The van der Waals surface area contributed by atoms with Crippen molar-refractivity contribution < 1.29 is 8.42 Å². The lowest BCUT2D eigenvalue weighted by atomic mass is 10.1. The van der Waals surface area contributed by atoms with Gasteiger partial charge in [-0.05, 0) is 18.9 Å². The molecule has 0 N–H and O–H groups in total. The quantitative estimate of drug-likeness (QED) is 0.702. The number of aryl methyl sites for hydroxylation is 1. The summed E-state index contributed by atoms with van der Waals surface area (Å²) in [4.78, 5) is 9.13. The molecule has 2 aromatic heterocycles. The third-order valence-electron chi connectivity index (χ3n) is 4.32. The number of benzene rings is 1. The van der Waals surface area contributed by atoms with Gasteiger partial charge in [0.1, 0.15) is 11.5 Å². The van der Waals surface area contributed by atoms with E-state index in [4.69, 9.17) is 0 Å². The second kappa shape index (κ2) is 6.34. The van der Waals surface area contributed by atoms with E-state index in [2.05, 4.69) is 15.1 Å². The van der Waals surface area contributed by atoms with Gasteiger partial charge in [-0.1, -0.05) is 30.3 Å². The molecule has 3 aromatic rings. The predicted molar refractivity (Wildman–Crippen MR) is 97.4 cm³/mol. The van der Waals surface area contributed by atoms with Crippen LogP contribution in [-0.2, 0) is 16.4 Å². The van der Waals surface area contributed by atoms with Crippen molar-refractivity contribution in [2.24, 2.45) is 0 Å². The van der Waals surface area contributed by atoms with Crippen molar-refractivity contribution in [3.63, 3.8) is 0 Å². The van der Waals surface area contributed by atoms with Gasteiger partial charge in [-0.15, -0.1) is 16.4 Å². The van der Waals surface area contributed by atoms with Crippen LogP contribution < -0.4 is 0 Å². The Labute approximate surface area is 150 Å². The Hall–Kier alpha value is -2.06. The summed E-state index contributed by atoms with van der Waals surface area (Å²) in [5.74, 6) is 1.58. The molecule has 0 unspecified atom stereocenters. The fraction of sp³-hybridized carbons (Fsp3) is 0.353. The summed E-state index contributed by atoms with van der Waals surface area (Å²) in [5.41, 5.74) is 1.85. The van der Waals surface area contributed by atoms with Gasteiger partial charge in [-0.25, -0.2) is 23.1 Å². The van der Waals surface area contributed by atoms with Gasteiger partial charge in [0.05, 0.1) is 23.1 Å². The molecule has 0 bridgehead atoms. The fourth-order valence-corrected chi connectivity index (χ4v) is 5.43. The maximum Gasteiger partial charge on any atom is 0.200 e. The Kier molecular flexibility index (Phi) is 4.16. The summed E-state index contributed by atoms with van der Waals surface area (Å²) >= 11 is 1.55. The highest BCUT2D eigenvalue weighted by Gasteiger charge is 2.33. The molecule has 130 valence electrons. The molecule has 0 spiro atoms. The van der Waals surface area contributed by atoms with Crippen molar-refractivity contribution in [2.45, 2.75) is 25.8 Å². The minimum atomic E-state index is -2.98. The van der Waals surface area contributed by atoms with Crippen molar-refractivity contribution in [3.05, 3.63) is 52.1 Å². The number of aromatic nitrogens is 4. The molecule has 0 saturated carbocycles. The molecule has 1 saturated heterocycles. The highest BCUT2D eigenvalue weighted by atomic mass is 32.2. The molecule has 0 aliphatic carbocycles. The molecule has 3 heterocycles. The molecular weight excluding hydrogens is 356 g/mol. The summed E-state index contributed by atoms with van der Waals surface area (Å²) in [6.07, 6.45) is 0.603. The number of hydrogen-bond acceptors (Lipinski definition) is 6. The van der Waals surface area contributed by atoms with E-state index in [1.165, 1.54) is 0 Å². The Morgan fingerprint density at radius 3 is 2.68 bits per heavy atom. The minimum absolute atomic E-state index is 0.102. The lowest BCUT2D eigenvalue weighted by Gasteiger charge is -2.10. The zero-order valence-corrected chi connectivity index (χ0v) is 15.4. The van der Waals surface area contributed by atoms with E-state index in [9.17, 15) is 8.42 Å². The Bertz CT molecular complexity index is 993. The van der Waals surface area contributed by atoms with Crippen LogP contribution in [-0.4, -0.2) is 39.7 Å². The van der Waals surface area contributed by atoms with Crippen molar-refractivity contribution >= 4 is 21.2 Å². The maximum atomic E-state index is 11.9. The van der Waals surface area contributed by atoms with E-state index in [0.717, 1.165) is 22.1 Å².